The lowest BCUT2D eigenvalue weighted by Crippen LogP contribution is -2.03. The molecule has 1 aromatic carbocycles. The molecule has 0 spiro atoms. The molecule has 3 N–H and O–H groups in total. The van der Waals surface area contributed by atoms with Gasteiger partial charge in [0.15, 0.2) is 0 Å². The van der Waals surface area contributed by atoms with Crippen molar-refractivity contribution in [3.8, 4) is 6.07 Å². The Kier molecular flexibility index (Phi) is 3.85. The number of nitrogen functional groups attached to an aromatic ring is 1. The number of thiophene rings is 1. The fourth-order valence-electron chi connectivity index (χ4n) is 1.78. The molecule has 0 saturated heterocycles. The molecule has 0 atom stereocenters. The van der Waals surface area contributed by atoms with E-state index in [9.17, 15) is 0 Å². The third-order valence-electron chi connectivity index (χ3n) is 2.66. The summed E-state index contributed by atoms with van der Waals surface area (Å²) in [5, 5.41) is 13.1. The van der Waals surface area contributed by atoms with E-state index < -0.39 is 0 Å². The van der Waals surface area contributed by atoms with Crippen LogP contribution in [-0.2, 0) is 6.42 Å². The molecule has 0 aliphatic carbocycles. The van der Waals surface area contributed by atoms with Gasteiger partial charge in [0.05, 0.1) is 10.7 Å². The zero-order valence-electron chi connectivity index (χ0n) is 10.2. The molecule has 0 saturated carbocycles. The second-order valence-electron chi connectivity index (χ2n) is 4.17. The van der Waals surface area contributed by atoms with Crippen molar-refractivity contribution < 1.29 is 0 Å². The topological polar surface area (TPSA) is 61.8 Å². The zero-order chi connectivity index (χ0) is 13.0. The molecular formula is C14H15N3S. The Balaban J connectivity index is 1.90. The largest absolute Gasteiger partial charge is 0.397 e. The van der Waals surface area contributed by atoms with Crippen LogP contribution < -0.4 is 11.1 Å². The van der Waals surface area contributed by atoms with Crippen molar-refractivity contribution in [2.75, 3.05) is 17.6 Å². The highest BCUT2D eigenvalue weighted by Gasteiger charge is 2.04. The van der Waals surface area contributed by atoms with Crippen LogP contribution in [0.25, 0.3) is 0 Å². The first kappa shape index (κ1) is 12.5. The van der Waals surface area contributed by atoms with Gasteiger partial charge in [0.25, 0.3) is 0 Å². The van der Waals surface area contributed by atoms with E-state index in [0.717, 1.165) is 18.0 Å². The normalized spacial score (nSPS) is 10.0. The molecule has 0 fully saturated rings. The molecule has 0 aliphatic heterocycles. The van der Waals surface area contributed by atoms with Crippen LogP contribution in [0.2, 0.25) is 0 Å². The number of nitrogens with one attached hydrogen (secondary N) is 1. The molecule has 0 radical (unpaired) electrons. The van der Waals surface area contributed by atoms with Crippen molar-refractivity contribution in [3.05, 3.63) is 46.3 Å². The maximum absolute atomic E-state index is 8.82. The van der Waals surface area contributed by atoms with Gasteiger partial charge in [0.1, 0.15) is 10.9 Å². The number of nitriles is 1. The van der Waals surface area contributed by atoms with Gasteiger partial charge in [-0.25, -0.2) is 0 Å². The Labute approximate surface area is 111 Å². The lowest BCUT2D eigenvalue weighted by atomic mass is 10.1. The summed E-state index contributed by atoms with van der Waals surface area (Å²) in [6, 6.07) is 12.4. The molecule has 1 heterocycles. The molecule has 2 aromatic rings. The lowest BCUT2D eigenvalue weighted by Gasteiger charge is -2.04. The van der Waals surface area contributed by atoms with E-state index in [1.165, 1.54) is 22.5 Å². The van der Waals surface area contributed by atoms with Crippen molar-refractivity contribution in [3.63, 3.8) is 0 Å². The van der Waals surface area contributed by atoms with Gasteiger partial charge >= 0.3 is 0 Å². The third-order valence-corrected chi connectivity index (χ3v) is 3.67. The number of aryl methyl sites for hydroxylation is 1. The van der Waals surface area contributed by atoms with E-state index in [1.807, 2.05) is 6.07 Å². The van der Waals surface area contributed by atoms with Gasteiger partial charge in [0, 0.05) is 6.54 Å². The predicted octanol–water partition coefficient (Wildman–Crippen LogP) is 3.17. The zero-order valence-corrected chi connectivity index (χ0v) is 11.1. The molecular weight excluding hydrogens is 242 g/mol. The molecule has 2 rings (SSSR count). The van der Waals surface area contributed by atoms with Crippen molar-refractivity contribution in [1.29, 1.82) is 5.26 Å². The second-order valence-corrected chi connectivity index (χ2v) is 5.22. The van der Waals surface area contributed by atoms with Gasteiger partial charge in [-0.2, -0.15) is 5.26 Å². The van der Waals surface area contributed by atoms with Crippen LogP contribution in [0.4, 0.5) is 10.7 Å². The van der Waals surface area contributed by atoms with E-state index in [0.29, 0.717) is 10.6 Å². The number of hydrogen-bond acceptors (Lipinski definition) is 4. The highest BCUT2D eigenvalue weighted by Crippen LogP contribution is 2.28. The van der Waals surface area contributed by atoms with Gasteiger partial charge in [-0.1, -0.05) is 29.8 Å². The average Bonchev–Trinajstić information content (AvgIpc) is 2.70. The highest BCUT2D eigenvalue weighted by atomic mass is 32.1. The number of nitrogens with two attached hydrogens (primary N) is 1. The Hall–Kier alpha value is -1.99. The van der Waals surface area contributed by atoms with E-state index in [1.54, 1.807) is 0 Å². The summed E-state index contributed by atoms with van der Waals surface area (Å²) < 4.78 is 0. The Morgan fingerprint density at radius 2 is 2.22 bits per heavy atom. The van der Waals surface area contributed by atoms with Crippen LogP contribution in [-0.4, -0.2) is 6.54 Å². The first-order valence-electron chi connectivity index (χ1n) is 5.78. The van der Waals surface area contributed by atoms with Crippen LogP contribution in [0.3, 0.4) is 0 Å². The van der Waals surface area contributed by atoms with Crippen molar-refractivity contribution in [2.24, 2.45) is 0 Å². The summed E-state index contributed by atoms with van der Waals surface area (Å²) in [4.78, 5) is 0.577. The van der Waals surface area contributed by atoms with Crippen LogP contribution in [0.5, 0.6) is 0 Å². The first-order chi connectivity index (χ1) is 8.69. The Morgan fingerprint density at radius 3 is 2.89 bits per heavy atom. The van der Waals surface area contributed by atoms with Gasteiger partial charge in [-0.05, 0) is 25.0 Å². The Morgan fingerprint density at radius 1 is 1.39 bits per heavy atom. The standard InChI is InChI=1S/C14H15N3S/c1-10-3-2-4-11(7-10)5-6-17-14-8-12(16)13(9-15)18-14/h2-4,7-8,17H,5-6,16H2,1H3. The summed E-state index contributed by atoms with van der Waals surface area (Å²) in [6.45, 7) is 2.93. The van der Waals surface area contributed by atoms with Gasteiger partial charge in [-0.3, -0.25) is 0 Å². The van der Waals surface area contributed by atoms with Crippen molar-refractivity contribution in [2.45, 2.75) is 13.3 Å². The molecule has 0 unspecified atom stereocenters. The minimum absolute atomic E-state index is 0.556. The molecule has 0 bridgehead atoms. The fourth-order valence-corrected chi connectivity index (χ4v) is 2.58. The van der Waals surface area contributed by atoms with E-state index in [4.69, 9.17) is 11.0 Å². The fraction of sp³-hybridized carbons (Fsp3) is 0.214. The molecule has 4 heteroatoms. The monoisotopic (exact) mass is 257 g/mol. The minimum atomic E-state index is 0.556. The Bertz CT molecular complexity index is 581. The van der Waals surface area contributed by atoms with E-state index in [2.05, 4.69) is 42.6 Å². The number of anilines is 2. The maximum atomic E-state index is 8.82. The predicted molar refractivity (Wildman–Crippen MR) is 76.8 cm³/mol. The summed E-state index contributed by atoms with van der Waals surface area (Å²) in [5.74, 6) is 0. The summed E-state index contributed by atoms with van der Waals surface area (Å²) in [5.41, 5.74) is 8.85. The molecule has 18 heavy (non-hydrogen) atoms. The maximum Gasteiger partial charge on any atom is 0.129 e. The van der Waals surface area contributed by atoms with Gasteiger partial charge < -0.3 is 11.1 Å². The number of benzene rings is 1. The van der Waals surface area contributed by atoms with Crippen LogP contribution >= 0.6 is 11.3 Å². The first-order valence-corrected chi connectivity index (χ1v) is 6.59. The minimum Gasteiger partial charge on any atom is -0.397 e. The second kappa shape index (κ2) is 5.56. The SMILES string of the molecule is Cc1cccc(CCNc2cc(N)c(C#N)s2)c1. The third kappa shape index (κ3) is 3.02. The summed E-state index contributed by atoms with van der Waals surface area (Å²) in [6.07, 6.45) is 0.960. The summed E-state index contributed by atoms with van der Waals surface area (Å²) in [7, 11) is 0. The number of hydrogen-bond donors (Lipinski definition) is 2. The van der Waals surface area contributed by atoms with E-state index in [-0.39, 0.29) is 0 Å². The highest BCUT2D eigenvalue weighted by molar-refractivity contribution is 7.17. The van der Waals surface area contributed by atoms with Crippen LogP contribution in [0.1, 0.15) is 16.0 Å². The smallest absolute Gasteiger partial charge is 0.129 e. The van der Waals surface area contributed by atoms with E-state index >= 15 is 0 Å². The lowest BCUT2D eigenvalue weighted by molar-refractivity contribution is 1.02. The van der Waals surface area contributed by atoms with Crippen LogP contribution in [0.15, 0.2) is 30.3 Å². The molecule has 0 amide bonds. The number of nitrogens with zero attached hydrogens (tertiary/aromatic N) is 1. The molecule has 92 valence electrons. The molecule has 0 aliphatic rings. The molecule has 3 nitrogen and oxygen atoms in total. The average molecular weight is 257 g/mol. The van der Waals surface area contributed by atoms with Crippen molar-refractivity contribution >= 4 is 22.0 Å². The van der Waals surface area contributed by atoms with Gasteiger partial charge in [0.2, 0.25) is 0 Å². The quantitative estimate of drug-likeness (QED) is 0.884. The summed E-state index contributed by atoms with van der Waals surface area (Å²) >= 11 is 1.40. The van der Waals surface area contributed by atoms with Crippen molar-refractivity contribution in [1.82, 2.24) is 0 Å². The van der Waals surface area contributed by atoms with Gasteiger partial charge in [-0.15, -0.1) is 11.3 Å². The van der Waals surface area contributed by atoms with Crippen LogP contribution in [0, 0.1) is 18.3 Å². The molecule has 1 aromatic heterocycles. The number of rotatable bonds is 4.